The number of rotatable bonds is 5. The predicted molar refractivity (Wildman–Crippen MR) is 92.8 cm³/mol. The van der Waals surface area contributed by atoms with E-state index in [1.54, 1.807) is 12.1 Å². The van der Waals surface area contributed by atoms with Crippen LogP contribution in [-0.2, 0) is 22.7 Å². The summed E-state index contributed by atoms with van der Waals surface area (Å²) in [5.74, 6) is -1.14. The molecule has 0 aliphatic carbocycles. The summed E-state index contributed by atoms with van der Waals surface area (Å²) in [4.78, 5) is 23.9. The number of hydrogen-bond donors (Lipinski definition) is 3. The number of methoxy groups -OCH3 is 1. The second-order valence-corrected chi connectivity index (χ2v) is 5.44. The maximum absolute atomic E-state index is 12.0. The minimum absolute atomic E-state index is 0.229. The van der Waals surface area contributed by atoms with Gasteiger partial charge in [-0.15, -0.1) is 0 Å². The maximum atomic E-state index is 12.0. The second kappa shape index (κ2) is 8.33. The van der Waals surface area contributed by atoms with E-state index in [1.807, 2.05) is 24.3 Å². The highest BCUT2D eigenvalue weighted by Gasteiger charge is 2.16. The molecule has 0 atom stereocenters. The molecule has 0 unspecified atom stereocenters. The highest BCUT2D eigenvalue weighted by Crippen LogP contribution is 2.27. The molecule has 0 bridgehead atoms. The van der Waals surface area contributed by atoms with Gasteiger partial charge in [0.25, 0.3) is 0 Å². The van der Waals surface area contributed by atoms with Crippen LogP contribution in [0.2, 0.25) is 5.02 Å². The first kappa shape index (κ1) is 17.8. The Balaban J connectivity index is 1.97. The molecule has 0 heterocycles. The monoisotopic (exact) mass is 347 g/mol. The summed E-state index contributed by atoms with van der Waals surface area (Å²) in [6.45, 7) is 0.642. The van der Waals surface area contributed by atoms with Gasteiger partial charge in [-0.05, 0) is 29.3 Å². The average molecular weight is 348 g/mol. The molecule has 0 aliphatic rings. The number of nitrogens with two attached hydrogens (primary N) is 1. The van der Waals surface area contributed by atoms with Gasteiger partial charge in [-0.2, -0.15) is 0 Å². The van der Waals surface area contributed by atoms with Gasteiger partial charge in [0.1, 0.15) is 5.75 Å². The van der Waals surface area contributed by atoms with Crippen molar-refractivity contribution in [1.82, 2.24) is 5.32 Å². The van der Waals surface area contributed by atoms with Crippen LogP contribution in [0, 0.1) is 0 Å². The average Bonchev–Trinajstić information content (AvgIpc) is 2.60. The van der Waals surface area contributed by atoms with E-state index in [9.17, 15) is 9.59 Å². The van der Waals surface area contributed by atoms with E-state index >= 15 is 0 Å². The first-order chi connectivity index (χ1) is 11.5. The minimum atomic E-state index is -0.800. The molecule has 0 aromatic heterocycles. The van der Waals surface area contributed by atoms with Crippen LogP contribution in [0.25, 0.3) is 0 Å². The van der Waals surface area contributed by atoms with Gasteiger partial charge in [0, 0.05) is 18.1 Å². The van der Waals surface area contributed by atoms with Crippen molar-refractivity contribution in [3.05, 3.63) is 58.6 Å². The molecule has 0 spiro atoms. The third-order valence-electron chi connectivity index (χ3n) is 3.30. The van der Waals surface area contributed by atoms with Crippen LogP contribution in [0.15, 0.2) is 42.5 Å². The second-order valence-electron chi connectivity index (χ2n) is 5.01. The molecule has 0 saturated carbocycles. The van der Waals surface area contributed by atoms with Crippen molar-refractivity contribution in [3.63, 3.8) is 0 Å². The summed E-state index contributed by atoms with van der Waals surface area (Å²) in [6.07, 6.45) is 0. The Morgan fingerprint density at radius 3 is 2.58 bits per heavy atom. The van der Waals surface area contributed by atoms with Crippen molar-refractivity contribution < 1.29 is 14.3 Å². The van der Waals surface area contributed by atoms with Crippen LogP contribution in [0.3, 0.4) is 0 Å². The Labute approximate surface area is 144 Å². The van der Waals surface area contributed by atoms with Crippen LogP contribution in [0.5, 0.6) is 5.75 Å². The lowest BCUT2D eigenvalue weighted by Gasteiger charge is -2.11. The number of hydrogen-bond acceptors (Lipinski definition) is 4. The van der Waals surface area contributed by atoms with Gasteiger partial charge in [0.05, 0.1) is 12.8 Å². The van der Waals surface area contributed by atoms with Crippen molar-refractivity contribution in [2.45, 2.75) is 13.1 Å². The van der Waals surface area contributed by atoms with E-state index < -0.39 is 11.8 Å². The molecule has 24 heavy (non-hydrogen) atoms. The predicted octanol–water partition coefficient (Wildman–Crippen LogP) is 2.06. The van der Waals surface area contributed by atoms with Crippen LogP contribution >= 0.6 is 11.6 Å². The number of carbonyl (C=O) groups excluding carboxylic acids is 2. The normalized spacial score (nSPS) is 10.1. The van der Waals surface area contributed by atoms with Crippen LogP contribution in [-0.4, -0.2) is 18.9 Å². The lowest BCUT2D eigenvalue weighted by molar-refractivity contribution is -0.136. The zero-order chi connectivity index (χ0) is 17.5. The summed E-state index contributed by atoms with van der Waals surface area (Å²) in [6, 6.07) is 12.2. The summed E-state index contributed by atoms with van der Waals surface area (Å²) >= 11 is 5.89. The molecule has 0 fully saturated rings. The highest BCUT2D eigenvalue weighted by molar-refractivity contribution is 6.40. The summed E-state index contributed by atoms with van der Waals surface area (Å²) in [5.41, 5.74) is 7.72. The molecule has 126 valence electrons. The molecule has 4 N–H and O–H groups in total. The Kier molecular flexibility index (Phi) is 6.17. The van der Waals surface area contributed by atoms with Gasteiger partial charge in [0.15, 0.2) is 0 Å². The zero-order valence-electron chi connectivity index (χ0n) is 13.1. The summed E-state index contributed by atoms with van der Waals surface area (Å²) < 4.78 is 5.12. The zero-order valence-corrected chi connectivity index (χ0v) is 13.9. The number of amides is 2. The first-order valence-electron chi connectivity index (χ1n) is 7.24. The van der Waals surface area contributed by atoms with Gasteiger partial charge in [-0.25, -0.2) is 0 Å². The number of carbonyl (C=O) groups is 2. The Morgan fingerprint density at radius 1 is 1.12 bits per heavy atom. The van der Waals surface area contributed by atoms with Crippen molar-refractivity contribution in [2.24, 2.45) is 5.73 Å². The molecule has 7 heteroatoms. The fourth-order valence-electron chi connectivity index (χ4n) is 2.09. The van der Waals surface area contributed by atoms with Crippen LogP contribution in [0.4, 0.5) is 5.69 Å². The number of halogens is 1. The van der Waals surface area contributed by atoms with Crippen LogP contribution < -0.4 is 21.1 Å². The quantitative estimate of drug-likeness (QED) is 0.722. The lowest BCUT2D eigenvalue weighted by Crippen LogP contribution is -2.35. The molecule has 0 radical (unpaired) electrons. The smallest absolute Gasteiger partial charge is 0.313 e. The standard InChI is InChI=1S/C17H18ClN3O3/c1-24-15-6-5-13(18)8-14(15)21-17(23)16(22)20-10-12-4-2-3-11(7-12)9-19/h2-8H,9-10,19H2,1H3,(H,20,22)(H,21,23). The van der Waals surface area contributed by atoms with E-state index in [0.29, 0.717) is 23.0 Å². The van der Waals surface area contributed by atoms with Gasteiger partial charge < -0.3 is 21.1 Å². The molecule has 2 rings (SSSR count). The van der Waals surface area contributed by atoms with E-state index in [4.69, 9.17) is 22.1 Å². The SMILES string of the molecule is COc1ccc(Cl)cc1NC(=O)C(=O)NCc1cccc(CN)c1. The lowest BCUT2D eigenvalue weighted by atomic mass is 10.1. The molecule has 0 aliphatic heterocycles. The fourth-order valence-corrected chi connectivity index (χ4v) is 2.26. The highest BCUT2D eigenvalue weighted by atomic mass is 35.5. The Morgan fingerprint density at radius 2 is 1.88 bits per heavy atom. The minimum Gasteiger partial charge on any atom is -0.495 e. The van der Waals surface area contributed by atoms with Crippen molar-refractivity contribution >= 4 is 29.1 Å². The van der Waals surface area contributed by atoms with Gasteiger partial charge in [-0.1, -0.05) is 35.9 Å². The third-order valence-corrected chi connectivity index (χ3v) is 3.53. The molecule has 0 saturated heterocycles. The van der Waals surface area contributed by atoms with Crippen molar-refractivity contribution in [3.8, 4) is 5.75 Å². The third kappa shape index (κ3) is 4.71. The Bertz CT molecular complexity index is 750. The largest absolute Gasteiger partial charge is 0.495 e. The fraction of sp³-hybridized carbons (Fsp3) is 0.176. The van der Waals surface area contributed by atoms with Crippen molar-refractivity contribution in [2.75, 3.05) is 12.4 Å². The number of nitrogens with one attached hydrogen (secondary N) is 2. The molecule has 2 amide bonds. The molecular formula is C17H18ClN3O3. The van der Waals surface area contributed by atoms with Crippen LogP contribution in [0.1, 0.15) is 11.1 Å². The summed E-state index contributed by atoms with van der Waals surface area (Å²) in [7, 11) is 1.46. The first-order valence-corrected chi connectivity index (χ1v) is 7.62. The van der Waals surface area contributed by atoms with E-state index in [0.717, 1.165) is 11.1 Å². The molecule has 2 aromatic rings. The number of benzene rings is 2. The molecular weight excluding hydrogens is 330 g/mol. The van der Waals surface area contributed by atoms with Gasteiger partial charge >= 0.3 is 11.8 Å². The maximum Gasteiger partial charge on any atom is 0.313 e. The summed E-state index contributed by atoms with van der Waals surface area (Å²) in [5, 5.41) is 5.46. The topological polar surface area (TPSA) is 93.4 Å². The number of anilines is 1. The molecule has 2 aromatic carbocycles. The van der Waals surface area contributed by atoms with E-state index in [1.165, 1.54) is 13.2 Å². The van der Waals surface area contributed by atoms with Crippen molar-refractivity contribution in [1.29, 1.82) is 0 Å². The van der Waals surface area contributed by atoms with Gasteiger partial charge in [-0.3, -0.25) is 9.59 Å². The molecule has 6 nitrogen and oxygen atoms in total. The van der Waals surface area contributed by atoms with E-state index in [2.05, 4.69) is 10.6 Å². The number of ether oxygens (including phenoxy) is 1. The Hall–Kier alpha value is -2.57. The van der Waals surface area contributed by atoms with Gasteiger partial charge in [0.2, 0.25) is 0 Å². The van der Waals surface area contributed by atoms with E-state index in [-0.39, 0.29) is 6.54 Å².